The molecule has 1 heterocycles. The minimum absolute atomic E-state index is 0.0428. The molecule has 3 rings (SSSR count). The van der Waals surface area contributed by atoms with E-state index >= 15 is 0 Å². The first kappa shape index (κ1) is 23.1. The van der Waals surface area contributed by atoms with Crippen LogP contribution in [0.15, 0.2) is 47.4 Å². The summed E-state index contributed by atoms with van der Waals surface area (Å²) < 4.78 is 44.8. The topological polar surface area (TPSA) is 79.8 Å². The first-order valence-electron chi connectivity index (χ1n) is 9.57. The van der Waals surface area contributed by atoms with Crippen molar-refractivity contribution in [2.24, 2.45) is 0 Å². The maximum atomic E-state index is 13.6. The molecule has 0 unspecified atom stereocenters. The number of rotatable bonds is 9. The molecule has 0 fully saturated rings. The molecule has 0 atom stereocenters. The summed E-state index contributed by atoms with van der Waals surface area (Å²) >= 11 is 1.16. The number of ether oxygens (including phenoxy) is 1. The number of amides is 1. The summed E-state index contributed by atoms with van der Waals surface area (Å²) in [6.07, 6.45) is 0.631. The van der Waals surface area contributed by atoms with Gasteiger partial charge in [0.15, 0.2) is 15.0 Å². The Balaban J connectivity index is 1.87. The number of nitrogens with zero attached hydrogens (tertiary/aromatic N) is 3. The SMILES string of the molecule is COc1ccc(S(=O)(=O)CC(=O)N(CCCN(C)C)c2nc3ccc(F)cc3s2)cc1. The van der Waals surface area contributed by atoms with Gasteiger partial charge in [-0.25, -0.2) is 17.8 Å². The fraction of sp³-hybridized carbons (Fsp3) is 0.333. The molecule has 0 N–H and O–H groups in total. The molecule has 0 aliphatic rings. The number of fused-ring (bicyclic) bond motifs is 1. The molecule has 1 amide bonds. The Kier molecular flexibility index (Phi) is 7.24. The van der Waals surface area contributed by atoms with Gasteiger partial charge in [-0.3, -0.25) is 9.69 Å². The van der Waals surface area contributed by atoms with Gasteiger partial charge in [0.25, 0.3) is 0 Å². The van der Waals surface area contributed by atoms with E-state index in [1.54, 1.807) is 6.07 Å². The van der Waals surface area contributed by atoms with Gasteiger partial charge in [-0.15, -0.1) is 0 Å². The highest BCUT2D eigenvalue weighted by Crippen LogP contribution is 2.30. The van der Waals surface area contributed by atoms with Crippen LogP contribution in [0.1, 0.15) is 6.42 Å². The number of hydrogen-bond acceptors (Lipinski definition) is 7. The molecule has 0 aliphatic heterocycles. The van der Waals surface area contributed by atoms with Crippen LogP contribution in [0.5, 0.6) is 5.75 Å². The van der Waals surface area contributed by atoms with Crippen molar-refractivity contribution in [1.82, 2.24) is 9.88 Å². The molecule has 2 aromatic carbocycles. The minimum atomic E-state index is -3.86. The molecule has 0 aliphatic carbocycles. The molecular weight excluding hydrogens is 441 g/mol. The number of aromatic nitrogens is 1. The summed E-state index contributed by atoms with van der Waals surface area (Å²) in [7, 11) is 1.47. The number of halogens is 1. The third-order valence-corrected chi connectivity index (χ3v) is 7.25. The van der Waals surface area contributed by atoms with Crippen molar-refractivity contribution in [3.05, 3.63) is 48.3 Å². The molecule has 0 saturated heterocycles. The van der Waals surface area contributed by atoms with Crippen LogP contribution in [0.25, 0.3) is 10.2 Å². The lowest BCUT2D eigenvalue weighted by atomic mass is 10.3. The van der Waals surface area contributed by atoms with Crippen LogP contribution in [0.2, 0.25) is 0 Å². The van der Waals surface area contributed by atoms with Crippen molar-refractivity contribution in [3.8, 4) is 5.75 Å². The van der Waals surface area contributed by atoms with Gasteiger partial charge in [-0.2, -0.15) is 0 Å². The maximum Gasteiger partial charge on any atom is 0.244 e. The van der Waals surface area contributed by atoms with Crippen LogP contribution >= 0.6 is 11.3 Å². The number of methoxy groups -OCH3 is 1. The Morgan fingerprint density at radius 1 is 1.13 bits per heavy atom. The summed E-state index contributed by atoms with van der Waals surface area (Å²) in [5.41, 5.74) is 0.560. The molecule has 0 radical (unpaired) electrons. The second kappa shape index (κ2) is 9.71. The Bertz CT molecular complexity index is 1160. The van der Waals surface area contributed by atoms with E-state index in [0.717, 1.165) is 11.3 Å². The number of hydrogen-bond donors (Lipinski definition) is 0. The first-order valence-corrected chi connectivity index (χ1v) is 12.0. The Labute approximate surface area is 185 Å². The monoisotopic (exact) mass is 465 g/mol. The van der Waals surface area contributed by atoms with Gasteiger partial charge in [0, 0.05) is 6.54 Å². The molecule has 31 heavy (non-hydrogen) atoms. The zero-order valence-electron chi connectivity index (χ0n) is 17.5. The average molecular weight is 466 g/mol. The predicted molar refractivity (Wildman–Crippen MR) is 120 cm³/mol. The fourth-order valence-corrected chi connectivity index (χ4v) is 5.21. The molecule has 1 aromatic heterocycles. The summed E-state index contributed by atoms with van der Waals surface area (Å²) in [5.74, 6) is -1.13. The van der Waals surface area contributed by atoms with Crippen LogP contribution in [-0.2, 0) is 14.6 Å². The lowest BCUT2D eigenvalue weighted by molar-refractivity contribution is -0.116. The maximum absolute atomic E-state index is 13.6. The lowest BCUT2D eigenvalue weighted by Gasteiger charge is -2.21. The highest BCUT2D eigenvalue weighted by Gasteiger charge is 2.26. The number of thiazole rings is 1. The van der Waals surface area contributed by atoms with Gasteiger partial charge < -0.3 is 9.64 Å². The number of anilines is 1. The van der Waals surface area contributed by atoms with E-state index in [2.05, 4.69) is 4.98 Å². The van der Waals surface area contributed by atoms with E-state index in [4.69, 9.17) is 4.74 Å². The van der Waals surface area contributed by atoms with E-state index in [1.807, 2.05) is 19.0 Å². The van der Waals surface area contributed by atoms with E-state index in [9.17, 15) is 17.6 Å². The average Bonchev–Trinajstić information content (AvgIpc) is 3.13. The van der Waals surface area contributed by atoms with Crippen molar-refractivity contribution in [3.63, 3.8) is 0 Å². The van der Waals surface area contributed by atoms with Crippen molar-refractivity contribution in [2.45, 2.75) is 11.3 Å². The zero-order valence-corrected chi connectivity index (χ0v) is 19.2. The summed E-state index contributed by atoms with van der Waals surface area (Å²) in [5, 5.41) is 0.356. The van der Waals surface area contributed by atoms with Crippen LogP contribution in [-0.4, -0.2) is 64.3 Å². The van der Waals surface area contributed by atoms with Crippen molar-refractivity contribution < 1.29 is 22.3 Å². The molecule has 3 aromatic rings. The van der Waals surface area contributed by atoms with Crippen molar-refractivity contribution in [1.29, 1.82) is 0 Å². The highest BCUT2D eigenvalue weighted by molar-refractivity contribution is 7.92. The van der Waals surface area contributed by atoms with E-state index in [-0.39, 0.29) is 4.90 Å². The summed E-state index contributed by atoms with van der Waals surface area (Å²) in [6, 6.07) is 10.1. The molecule has 0 spiro atoms. The number of carbonyl (C=O) groups excluding carboxylic acids is 1. The summed E-state index contributed by atoms with van der Waals surface area (Å²) in [6.45, 7) is 1.02. The largest absolute Gasteiger partial charge is 0.497 e. The summed E-state index contributed by atoms with van der Waals surface area (Å²) in [4.78, 5) is 20.9. The van der Waals surface area contributed by atoms with Crippen molar-refractivity contribution >= 4 is 42.4 Å². The highest BCUT2D eigenvalue weighted by atomic mass is 32.2. The van der Waals surface area contributed by atoms with Gasteiger partial charge in [0.05, 0.1) is 22.2 Å². The molecule has 7 nitrogen and oxygen atoms in total. The molecule has 0 bridgehead atoms. The predicted octanol–water partition coefficient (Wildman–Crippen LogP) is 3.20. The van der Waals surface area contributed by atoms with Gasteiger partial charge >= 0.3 is 0 Å². The molecule has 166 valence electrons. The van der Waals surface area contributed by atoms with E-state index in [1.165, 1.54) is 48.4 Å². The third kappa shape index (κ3) is 5.78. The van der Waals surface area contributed by atoms with Crippen LogP contribution in [0, 0.1) is 5.82 Å². The fourth-order valence-electron chi connectivity index (χ4n) is 2.98. The van der Waals surface area contributed by atoms with Gasteiger partial charge in [0.1, 0.15) is 17.3 Å². The minimum Gasteiger partial charge on any atom is -0.497 e. The Morgan fingerprint density at radius 2 is 1.84 bits per heavy atom. The van der Waals surface area contributed by atoms with Crippen molar-refractivity contribution in [2.75, 3.05) is 44.9 Å². The van der Waals surface area contributed by atoms with E-state index < -0.39 is 27.3 Å². The Hall–Kier alpha value is -2.56. The number of carbonyl (C=O) groups is 1. The molecule has 0 saturated carbocycles. The zero-order chi connectivity index (χ0) is 22.6. The van der Waals surface area contributed by atoms with Gasteiger partial charge in [-0.1, -0.05) is 11.3 Å². The second-order valence-corrected chi connectivity index (χ2v) is 10.2. The van der Waals surface area contributed by atoms with Gasteiger partial charge in [0.2, 0.25) is 5.91 Å². The smallest absolute Gasteiger partial charge is 0.244 e. The number of benzene rings is 2. The molecular formula is C21H24FN3O4S2. The number of sulfone groups is 1. The first-order chi connectivity index (χ1) is 14.7. The molecule has 10 heteroatoms. The normalized spacial score (nSPS) is 11.8. The third-order valence-electron chi connectivity index (χ3n) is 4.59. The van der Waals surface area contributed by atoms with Gasteiger partial charge in [-0.05, 0) is 69.5 Å². The van der Waals surface area contributed by atoms with E-state index in [0.29, 0.717) is 40.6 Å². The second-order valence-electron chi connectivity index (χ2n) is 7.25. The van der Waals surface area contributed by atoms with Crippen LogP contribution < -0.4 is 9.64 Å². The van der Waals surface area contributed by atoms with Crippen LogP contribution in [0.3, 0.4) is 0 Å². The quantitative estimate of drug-likeness (QED) is 0.483. The Morgan fingerprint density at radius 3 is 2.48 bits per heavy atom. The lowest BCUT2D eigenvalue weighted by Crippen LogP contribution is -2.37. The van der Waals surface area contributed by atoms with Crippen LogP contribution in [0.4, 0.5) is 9.52 Å². The standard InChI is InChI=1S/C21H24FN3O4S2/c1-24(2)11-4-12-25(21-23-18-10-5-15(22)13-19(18)30-21)20(26)14-31(27,28)17-8-6-16(29-3)7-9-17/h5-10,13H,4,11-12,14H2,1-3H3.